The molecule has 104 valence electrons. The van der Waals surface area contributed by atoms with Gasteiger partial charge in [0.2, 0.25) is 0 Å². The average molecular weight is 268 g/mol. The van der Waals surface area contributed by atoms with Crippen molar-refractivity contribution in [1.29, 1.82) is 0 Å². The van der Waals surface area contributed by atoms with Crippen LogP contribution in [0.3, 0.4) is 0 Å². The molecule has 0 bridgehead atoms. The van der Waals surface area contributed by atoms with Gasteiger partial charge in [0.15, 0.2) is 5.17 Å². The first-order valence-electron chi connectivity index (χ1n) is 7.23. The third kappa shape index (κ3) is 3.91. The highest BCUT2D eigenvalue weighted by Crippen LogP contribution is 2.45. The molecular formula is C15H28N2S. The van der Waals surface area contributed by atoms with Crippen LogP contribution >= 0.6 is 11.8 Å². The van der Waals surface area contributed by atoms with Gasteiger partial charge in [0.1, 0.15) is 0 Å². The van der Waals surface area contributed by atoms with E-state index >= 15 is 0 Å². The minimum Gasteiger partial charge on any atom is -0.362 e. The molecule has 0 amide bonds. The van der Waals surface area contributed by atoms with E-state index in [2.05, 4.69) is 39.9 Å². The van der Waals surface area contributed by atoms with Gasteiger partial charge in [-0.1, -0.05) is 39.5 Å². The summed E-state index contributed by atoms with van der Waals surface area (Å²) in [6.45, 7) is 11.8. The van der Waals surface area contributed by atoms with Crippen LogP contribution in [0.1, 0.15) is 60.3 Å². The lowest BCUT2D eigenvalue weighted by Gasteiger charge is -2.45. The van der Waals surface area contributed by atoms with Crippen molar-refractivity contribution >= 4 is 16.9 Å². The predicted octanol–water partition coefficient (Wildman–Crippen LogP) is 4.06. The molecule has 1 N–H and O–H groups in total. The number of amidine groups is 1. The van der Waals surface area contributed by atoms with E-state index < -0.39 is 0 Å². The maximum Gasteiger partial charge on any atom is 0.157 e. The topological polar surface area (TPSA) is 24.4 Å². The minimum absolute atomic E-state index is 0.449. The Hall–Kier alpha value is -0.180. The molecule has 0 radical (unpaired) electrons. The Kier molecular flexibility index (Phi) is 4.01. The SMILES string of the molecule is CC1CCSC(NC2CC(C)(C)CC(C)(C)C2)=N1. The molecule has 0 aromatic carbocycles. The summed E-state index contributed by atoms with van der Waals surface area (Å²) in [6, 6.07) is 1.10. The molecule has 1 atom stereocenters. The summed E-state index contributed by atoms with van der Waals surface area (Å²) in [6.07, 6.45) is 5.08. The quantitative estimate of drug-likeness (QED) is 0.775. The van der Waals surface area contributed by atoms with Crippen LogP contribution in [0.2, 0.25) is 0 Å². The van der Waals surface area contributed by atoms with Gasteiger partial charge in [-0.05, 0) is 43.4 Å². The first-order chi connectivity index (χ1) is 8.26. The smallest absolute Gasteiger partial charge is 0.157 e. The Labute approximate surface area is 116 Å². The highest BCUT2D eigenvalue weighted by atomic mass is 32.2. The van der Waals surface area contributed by atoms with Gasteiger partial charge in [-0.3, -0.25) is 4.99 Å². The summed E-state index contributed by atoms with van der Waals surface area (Å²) in [4.78, 5) is 4.74. The van der Waals surface area contributed by atoms with Gasteiger partial charge in [-0.15, -0.1) is 0 Å². The van der Waals surface area contributed by atoms with Crippen molar-refractivity contribution in [2.24, 2.45) is 15.8 Å². The fraction of sp³-hybridized carbons (Fsp3) is 0.933. The van der Waals surface area contributed by atoms with E-state index in [0.717, 1.165) is 0 Å². The molecule has 1 saturated carbocycles. The molecule has 3 heteroatoms. The van der Waals surface area contributed by atoms with Crippen LogP contribution in [0.25, 0.3) is 0 Å². The minimum atomic E-state index is 0.449. The number of nitrogens with zero attached hydrogens (tertiary/aromatic N) is 1. The van der Waals surface area contributed by atoms with Gasteiger partial charge in [-0.2, -0.15) is 0 Å². The first-order valence-corrected chi connectivity index (χ1v) is 8.22. The Morgan fingerprint density at radius 1 is 1.17 bits per heavy atom. The standard InChI is InChI=1S/C15H28N2S/c1-11-6-7-18-13(16-11)17-12-8-14(2,3)10-15(4,5)9-12/h11-12H,6-10H2,1-5H3,(H,16,17). The van der Waals surface area contributed by atoms with E-state index in [1.54, 1.807) is 0 Å². The van der Waals surface area contributed by atoms with Gasteiger partial charge in [0.25, 0.3) is 0 Å². The van der Waals surface area contributed by atoms with Crippen molar-refractivity contribution in [3.8, 4) is 0 Å². The molecule has 1 aliphatic carbocycles. The zero-order chi connectivity index (χ0) is 13.4. The van der Waals surface area contributed by atoms with E-state index in [-0.39, 0.29) is 0 Å². The molecule has 0 saturated heterocycles. The van der Waals surface area contributed by atoms with E-state index in [9.17, 15) is 0 Å². The molecule has 2 nitrogen and oxygen atoms in total. The Balaban J connectivity index is 2.00. The Morgan fingerprint density at radius 3 is 2.33 bits per heavy atom. The lowest BCUT2D eigenvalue weighted by molar-refractivity contribution is 0.0924. The van der Waals surface area contributed by atoms with Crippen molar-refractivity contribution in [3.05, 3.63) is 0 Å². The normalized spacial score (nSPS) is 31.8. The molecule has 1 aliphatic heterocycles. The lowest BCUT2D eigenvalue weighted by atomic mass is 9.63. The molecule has 0 spiro atoms. The van der Waals surface area contributed by atoms with Crippen molar-refractivity contribution in [2.45, 2.75) is 72.4 Å². The van der Waals surface area contributed by atoms with Crippen LogP contribution in [0.4, 0.5) is 0 Å². The lowest BCUT2D eigenvalue weighted by Crippen LogP contribution is -2.46. The van der Waals surface area contributed by atoms with Crippen LogP contribution in [0, 0.1) is 10.8 Å². The average Bonchev–Trinajstić information content (AvgIpc) is 2.11. The molecule has 2 rings (SSSR count). The van der Waals surface area contributed by atoms with Crippen LogP contribution in [0.5, 0.6) is 0 Å². The van der Waals surface area contributed by atoms with Gasteiger partial charge >= 0.3 is 0 Å². The van der Waals surface area contributed by atoms with E-state index in [1.165, 1.54) is 36.6 Å². The summed E-state index contributed by atoms with van der Waals surface area (Å²) in [5.41, 5.74) is 0.899. The molecule has 18 heavy (non-hydrogen) atoms. The maximum atomic E-state index is 4.74. The van der Waals surface area contributed by atoms with E-state index in [1.807, 2.05) is 11.8 Å². The number of thioether (sulfide) groups is 1. The summed E-state index contributed by atoms with van der Waals surface area (Å²) in [5.74, 6) is 1.21. The van der Waals surface area contributed by atoms with Crippen molar-refractivity contribution in [3.63, 3.8) is 0 Å². The molecule has 0 aromatic rings. The number of hydrogen-bond donors (Lipinski definition) is 1. The first kappa shape index (κ1) is 14.2. The van der Waals surface area contributed by atoms with Gasteiger partial charge in [0.05, 0.1) is 6.04 Å². The van der Waals surface area contributed by atoms with Crippen LogP contribution in [-0.2, 0) is 0 Å². The van der Waals surface area contributed by atoms with Crippen molar-refractivity contribution < 1.29 is 0 Å². The molecule has 1 unspecified atom stereocenters. The van der Waals surface area contributed by atoms with Gasteiger partial charge in [-0.25, -0.2) is 0 Å². The third-order valence-corrected chi connectivity index (χ3v) is 4.93. The highest BCUT2D eigenvalue weighted by molar-refractivity contribution is 8.13. The monoisotopic (exact) mass is 268 g/mol. The zero-order valence-electron chi connectivity index (χ0n) is 12.5. The summed E-state index contributed by atoms with van der Waals surface area (Å²) >= 11 is 1.90. The number of aliphatic imine (C=N–C) groups is 1. The fourth-order valence-corrected chi connectivity index (χ4v) is 4.99. The molecule has 2 aliphatic rings. The maximum absolute atomic E-state index is 4.74. The Morgan fingerprint density at radius 2 is 1.78 bits per heavy atom. The predicted molar refractivity (Wildman–Crippen MR) is 82.3 cm³/mol. The second kappa shape index (κ2) is 5.07. The van der Waals surface area contributed by atoms with E-state index in [4.69, 9.17) is 4.99 Å². The summed E-state index contributed by atoms with van der Waals surface area (Å²) in [5, 5.41) is 4.90. The molecule has 1 fully saturated rings. The number of hydrogen-bond acceptors (Lipinski definition) is 3. The second-order valence-corrected chi connectivity index (χ2v) is 8.76. The fourth-order valence-electron chi connectivity index (χ4n) is 3.83. The summed E-state index contributed by atoms with van der Waals surface area (Å²) in [7, 11) is 0. The van der Waals surface area contributed by atoms with Crippen molar-refractivity contribution in [1.82, 2.24) is 5.32 Å². The third-order valence-electron chi connectivity index (χ3n) is 3.99. The highest BCUT2D eigenvalue weighted by Gasteiger charge is 2.38. The number of rotatable bonds is 1. The van der Waals surface area contributed by atoms with Crippen LogP contribution in [0.15, 0.2) is 4.99 Å². The largest absolute Gasteiger partial charge is 0.362 e. The number of nitrogens with one attached hydrogen (secondary N) is 1. The van der Waals surface area contributed by atoms with Crippen molar-refractivity contribution in [2.75, 3.05) is 5.75 Å². The second-order valence-electron chi connectivity index (χ2n) is 7.68. The molecular weight excluding hydrogens is 240 g/mol. The zero-order valence-corrected chi connectivity index (χ0v) is 13.4. The van der Waals surface area contributed by atoms with E-state index in [0.29, 0.717) is 22.9 Å². The van der Waals surface area contributed by atoms with Gasteiger partial charge in [0, 0.05) is 11.8 Å². The summed E-state index contributed by atoms with van der Waals surface area (Å²) < 4.78 is 0. The van der Waals surface area contributed by atoms with Crippen LogP contribution in [-0.4, -0.2) is 23.0 Å². The molecule has 0 aromatic heterocycles. The van der Waals surface area contributed by atoms with Crippen LogP contribution < -0.4 is 5.32 Å². The Bertz CT molecular complexity index is 317. The molecule has 1 heterocycles. The van der Waals surface area contributed by atoms with Gasteiger partial charge < -0.3 is 5.32 Å².